The van der Waals surface area contributed by atoms with Crippen molar-refractivity contribution >= 4 is 24.5 Å². The summed E-state index contributed by atoms with van der Waals surface area (Å²) in [7, 11) is -10.8. The van der Waals surface area contributed by atoms with Crippen LogP contribution in [0.2, 0.25) is 0 Å². The van der Waals surface area contributed by atoms with Gasteiger partial charge < -0.3 is 0 Å². The van der Waals surface area contributed by atoms with Crippen molar-refractivity contribution in [2.24, 2.45) is 5.92 Å². The third-order valence-corrected chi connectivity index (χ3v) is 12.9. The van der Waals surface area contributed by atoms with Gasteiger partial charge >= 0.3 is 33.0 Å². The molecule has 1 nitrogen and oxygen atoms in total. The third-order valence-electron chi connectivity index (χ3n) is 10.5. The summed E-state index contributed by atoms with van der Waals surface area (Å²) in [6.45, 7) is 4.64. The number of hydrogen-bond acceptors (Lipinski definition) is 1. The van der Waals surface area contributed by atoms with Crippen molar-refractivity contribution in [3.05, 3.63) is 113 Å². The first-order valence-electron chi connectivity index (χ1n) is 17.9. The number of rotatable bonds is 9. The summed E-state index contributed by atoms with van der Waals surface area (Å²) in [5.74, 6) is 0.589. The van der Waals surface area contributed by atoms with Crippen LogP contribution in [0.5, 0.6) is 0 Å². The van der Waals surface area contributed by atoms with Crippen LogP contribution in [-0.2, 0) is 22.7 Å². The van der Waals surface area contributed by atoms with Crippen LogP contribution in [0.3, 0.4) is 0 Å². The molecule has 4 aromatic carbocycles. The summed E-state index contributed by atoms with van der Waals surface area (Å²) >= 11 is 0. The topological polar surface area (TPSA) is 17.1 Å². The van der Waals surface area contributed by atoms with Crippen LogP contribution >= 0.6 is 7.81 Å². The fraction of sp³-hybridized carbons (Fsp3) is 0.390. The van der Waals surface area contributed by atoms with Crippen LogP contribution < -0.4 is 0 Å². The van der Waals surface area contributed by atoms with Crippen LogP contribution in [0.25, 0.3) is 11.1 Å². The van der Waals surface area contributed by atoms with E-state index < -0.39 is 7.81 Å². The van der Waals surface area contributed by atoms with Crippen LogP contribution in [0.4, 0.5) is 25.2 Å². The summed E-state index contributed by atoms with van der Waals surface area (Å²) < 4.78 is 59.2. The second-order valence-corrected chi connectivity index (χ2v) is 18.0. The van der Waals surface area contributed by atoms with E-state index in [1.165, 1.54) is 93.0 Å². The fourth-order valence-electron chi connectivity index (χ4n) is 8.25. The third kappa shape index (κ3) is 8.18. The molecule has 3 aliphatic rings. The van der Waals surface area contributed by atoms with Gasteiger partial charge in [-0.25, -0.2) is 0 Å². The molecule has 1 fully saturated rings. The van der Waals surface area contributed by atoms with Gasteiger partial charge in [-0.15, -0.1) is 0 Å². The van der Waals surface area contributed by atoms with Crippen molar-refractivity contribution in [1.82, 2.24) is 0 Å². The Morgan fingerprint density at radius 3 is 1.74 bits per heavy atom. The molecule has 0 unspecified atom stereocenters. The summed E-state index contributed by atoms with van der Waals surface area (Å²) in [6, 6.07) is 32.5. The van der Waals surface area contributed by atoms with E-state index in [2.05, 4.69) is 98.8 Å². The molecule has 50 heavy (non-hydrogen) atoms. The fourth-order valence-corrected chi connectivity index (χ4v) is 10.7. The number of carbonyl (C=O) groups excluding carboxylic acids is 1. The molecule has 1 saturated carbocycles. The van der Waals surface area contributed by atoms with E-state index in [0.29, 0.717) is 5.78 Å². The van der Waals surface area contributed by atoms with Crippen molar-refractivity contribution in [2.75, 3.05) is 0 Å². The van der Waals surface area contributed by atoms with Crippen molar-refractivity contribution in [1.29, 1.82) is 0 Å². The second kappa shape index (κ2) is 13.5. The van der Waals surface area contributed by atoms with E-state index in [-0.39, 0.29) is 22.2 Å². The molecule has 0 bridgehead atoms. The van der Waals surface area contributed by atoms with Gasteiger partial charge in [0.2, 0.25) is 0 Å². The van der Waals surface area contributed by atoms with Crippen molar-refractivity contribution in [3.8, 4) is 11.1 Å². The van der Waals surface area contributed by atoms with Crippen LogP contribution in [0.1, 0.15) is 117 Å². The average molecular weight is 731 g/mol. The maximum absolute atomic E-state index is 13.8. The quantitative estimate of drug-likeness (QED) is 0.0639. The molecule has 0 spiro atoms. The van der Waals surface area contributed by atoms with E-state index in [1.54, 1.807) is 0 Å². The normalized spacial score (nSPS) is 18.0. The number of carbonyl (C=O) groups is 1. The molecule has 1 heterocycles. The zero-order valence-electron chi connectivity index (χ0n) is 28.7. The average Bonchev–Trinajstić information content (AvgIpc) is 3.35. The zero-order valence-corrected chi connectivity index (χ0v) is 30.4. The summed E-state index contributed by atoms with van der Waals surface area (Å²) in [4.78, 5) is 18.2. The standard InChI is InChI=1S/C41H45OS.F6P/c1-3-5-24-41(25-6-4-2)36-27-32(40(42)29-14-8-7-9-15-29)20-22-34(36)35-23-21-33(28-37(35)41)43-38-18-12-10-16-30(38)26-31-17-11-13-19-39(31)43;1-7(2,3,4,5)6/h10-13,16-23,27-29H,3-9,14-15,24-26H2,1-2H3;/q+1;-1. The Morgan fingerprint density at radius 2 is 1.20 bits per heavy atom. The molecule has 0 amide bonds. The first-order valence-corrected chi connectivity index (χ1v) is 21.1. The van der Waals surface area contributed by atoms with Crippen molar-refractivity contribution < 1.29 is 30.0 Å². The van der Waals surface area contributed by atoms with Gasteiger partial charge in [-0.05, 0) is 84.3 Å². The Hall–Kier alpha value is -3.09. The Balaban J connectivity index is 0.000000561. The SMILES string of the molecule is CCCCC1(CCCC)c2cc(C(=O)C3CCCCC3)ccc2-c2ccc([S+]3c4ccccc4Cc4ccccc43)cc21.F[P-](F)(F)(F)(F)F. The minimum atomic E-state index is -10.7. The van der Waals surface area contributed by atoms with Gasteiger partial charge in [0.15, 0.2) is 20.5 Å². The van der Waals surface area contributed by atoms with E-state index in [1.807, 2.05) is 0 Å². The van der Waals surface area contributed by atoms with Gasteiger partial charge in [-0.3, -0.25) is 4.79 Å². The van der Waals surface area contributed by atoms with Crippen molar-refractivity contribution in [3.63, 3.8) is 0 Å². The molecule has 0 N–H and O–H groups in total. The summed E-state index contributed by atoms with van der Waals surface area (Å²) in [5, 5.41) is 0. The molecule has 0 atom stereocenters. The number of fused-ring (bicyclic) bond motifs is 5. The number of halogens is 6. The van der Waals surface area contributed by atoms with Gasteiger partial charge in [0, 0.05) is 34.4 Å². The van der Waals surface area contributed by atoms with E-state index in [9.17, 15) is 30.0 Å². The van der Waals surface area contributed by atoms with Gasteiger partial charge in [-0.1, -0.05) is 107 Å². The molecule has 0 aromatic heterocycles. The second-order valence-electron chi connectivity index (χ2n) is 14.1. The monoisotopic (exact) mass is 730 g/mol. The van der Waals surface area contributed by atoms with E-state index in [4.69, 9.17) is 0 Å². The van der Waals surface area contributed by atoms with Gasteiger partial charge in [0.25, 0.3) is 0 Å². The number of benzene rings is 4. The molecule has 7 rings (SSSR count). The van der Waals surface area contributed by atoms with Gasteiger partial charge in [0.1, 0.15) is 0 Å². The maximum atomic E-state index is 13.8. The van der Waals surface area contributed by atoms with Gasteiger partial charge in [0.05, 0.1) is 10.9 Å². The summed E-state index contributed by atoms with van der Waals surface area (Å²) in [5.41, 5.74) is 9.53. The number of ketones is 1. The predicted molar refractivity (Wildman–Crippen MR) is 194 cm³/mol. The molecule has 2 aliphatic carbocycles. The molecule has 0 radical (unpaired) electrons. The molecule has 268 valence electrons. The summed E-state index contributed by atoms with van der Waals surface area (Å²) in [6.07, 6.45) is 13.9. The Bertz CT molecular complexity index is 1820. The van der Waals surface area contributed by atoms with Crippen LogP contribution in [0.15, 0.2) is 99.6 Å². The molecular weight excluding hydrogens is 685 g/mol. The van der Waals surface area contributed by atoms with Gasteiger partial charge in [-0.2, -0.15) is 0 Å². The minimum absolute atomic E-state index is 0.0340. The molecule has 4 aromatic rings. The number of unbranched alkanes of at least 4 members (excludes halogenated alkanes) is 2. The molecule has 9 heteroatoms. The zero-order chi connectivity index (χ0) is 35.8. The predicted octanol–water partition coefficient (Wildman–Crippen LogP) is 14.5. The molecular formula is C41H45F6OPS. The first kappa shape index (κ1) is 36.7. The van der Waals surface area contributed by atoms with Crippen LogP contribution in [-0.4, -0.2) is 5.78 Å². The van der Waals surface area contributed by atoms with E-state index >= 15 is 0 Å². The van der Waals surface area contributed by atoms with Crippen molar-refractivity contribution in [2.45, 2.75) is 111 Å². The number of hydrogen-bond donors (Lipinski definition) is 0. The first-order chi connectivity index (χ1) is 23.6. The van der Waals surface area contributed by atoms with E-state index in [0.717, 1.165) is 37.7 Å². The number of Topliss-reactive ketones (excluding diaryl/α,β-unsaturated/α-hetero) is 1. The Kier molecular flexibility index (Phi) is 9.89. The molecule has 0 saturated heterocycles. The molecule has 1 aliphatic heterocycles. The Morgan fingerprint density at radius 1 is 0.700 bits per heavy atom. The Labute approximate surface area is 294 Å². The van der Waals surface area contributed by atoms with Crippen LogP contribution in [0, 0.1) is 5.92 Å².